The number of nitrogens with zero attached hydrogens (tertiary/aromatic N) is 1. The zero-order valence-electron chi connectivity index (χ0n) is 14.5. The van der Waals surface area contributed by atoms with E-state index in [2.05, 4.69) is 13.6 Å². The number of carbonyl (C=O) groups excluding carboxylic acids is 1. The molecular weight excluding hydrogens is 318 g/mol. The highest BCUT2D eigenvalue weighted by atomic mass is 16.5. The van der Waals surface area contributed by atoms with Crippen LogP contribution in [0.15, 0.2) is 24.8 Å². The van der Waals surface area contributed by atoms with Crippen LogP contribution in [0.4, 0.5) is 0 Å². The van der Waals surface area contributed by atoms with Crippen molar-refractivity contribution in [3.8, 4) is 11.5 Å². The first kappa shape index (κ1) is 15.4. The van der Waals surface area contributed by atoms with Crippen molar-refractivity contribution in [1.29, 1.82) is 0 Å². The Morgan fingerprint density at radius 3 is 3.00 bits per heavy atom. The Morgan fingerprint density at radius 2 is 2.24 bits per heavy atom. The van der Waals surface area contributed by atoms with Crippen molar-refractivity contribution in [1.82, 2.24) is 0 Å². The lowest BCUT2D eigenvalue weighted by molar-refractivity contribution is -0.944. The Bertz CT molecular complexity index is 820. The summed E-state index contributed by atoms with van der Waals surface area (Å²) in [5, 5.41) is 22.3. The van der Waals surface area contributed by atoms with Crippen molar-refractivity contribution in [2.24, 2.45) is 0 Å². The Labute approximate surface area is 147 Å². The molecule has 1 aromatic carbocycles. The van der Waals surface area contributed by atoms with Gasteiger partial charge < -0.3 is 19.4 Å². The molecule has 1 spiro atoms. The summed E-state index contributed by atoms with van der Waals surface area (Å²) >= 11 is 0. The molecule has 5 nitrogen and oxygen atoms in total. The van der Waals surface area contributed by atoms with Crippen LogP contribution in [0.5, 0.6) is 11.5 Å². The number of phenols is 1. The van der Waals surface area contributed by atoms with Crippen LogP contribution in [0.25, 0.3) is 0 Å². The molecule has 5 heteroatoms. The van der Waals surface area contributed by atoms with Gasteiger partial charge in [0.05, 0.1) is 25.6 Å². The maximum Gasteiger partial charge on any atom is 0.174 e. The van der Waals surface area contributed by atoms with Gasteiger partial charge in [-0.1, -0.05) is 12.6 Å². The first-order chi connectivity index (χ1) is 11.9. The Kier molecular flexibility index (Phi) is 2.75. The van der Waals surface area contributed by atoms with E-state index < -0.39 is 17.1 Å². The van der Waals surface area contributed by atoms with Gasteiger partial charge in [-0.3, -0.25) is 4.79 Å². The summed E-state index contributed by atoms with van der Waals surface area (Å²) < 4.78 is 6.76. The standard InChI is InChI=1S/C20H23NO4/c1-3-9-21(2)10-8-19-16-12-4-5-13(22)17(16)25-18(19)14(23)6-7-20(19,24)15(21)11-12/h3-5,15,18,24H,1,6-11H2,2H3/p+1/t15?,18?,19-,20?,21?/m1/s1. The van der Waals surface area contributed by atoms with Gasteiger partial charge in [0.1, 0.15) is 11.6 Å². The second-order valence-corrected chi connectivity index (χ2v) is 8.45. The molecule has 4 unspecified atom stereocenters. The van der Waals surface area contributed by atoms with Gasteiger partial charge in [-0.25, -0.2) is 0 Å². The SMILES string of the molecule is C=CC[N+]1(C)CC[C@@]23c4c5ccc(O)c4OC2C(=O)CCC3(O)C1C5. The molecule has 25 heavy (non-hydrogen) atoms. The second-order valence-electron chi connectivity index (χ2n) is 8.45. The highest BCUT2D eigenvalue weighted by Gasteiger charge is 2.76. The first-order valence-electron chi connectivity index (χ1n) is 9.09. The molecular formula is C20H24NO4+. The molecule has 1 saturated heterocycles. The lowest BCUT2D eigenvalue weighted by atomic mass is 9.48. The molecule has 5 atom stereocenters. The van der Waals surface area contributed by atoms with Crippen molar-refractivity contribution < 1.29 is 24.2 Å². The van der Waals surface area contributed by atoms with Crippen LogP contribution in [0.1, 0.15) is 30.4 Å². The fourth-order valence-electron chi connectivity index (χ4n) is 6.34. The number of aromatic hydroxyl groups is 1. The maximum atomic E-state index is 12.7. The molecule has 1 saturated carbocycles. The zero-order chi connectivity index (χ0) is 17.6. The minimum Gasteiger partial charge on any atom is -0.504 e. The first-order valence-corrected chi connectivity index (χ1v) is 9.09. The van der Waals surface area contributed by atoms with E-state index in [-0.39, 0.29) is 17.6 Å². The summed E-state index contributed by atoms with van der Waals surface area (Å²) in [6, 6.07) is 3.60. The molecule has 0 radical (unpaired) electrons. The van der Waals surface area contributed by atoms with Gasteiger partial charge in [-0.05, 0) is 24.1 Å². The largest absolute Gasteiger partial charge is 0.504 e. The number of hydrogen-bond acceptors (Lipinski definition) is 4. The molecule has 2 aliphatic heterocycles. The Balaban J connectivity index is 1.82. The summed E-state index contributed by atoms with van der Waals surface area (Å²) in [6.07, 6.45) is 3.47. The Morgan fingerprint density at radius 1 is 1.44 bits per heavy atom. The van der Waals surface area contributed by atoms with Gasteiger partial charge in [0, 0.05) is 24.8 Å². The average Bonchev–Trinajstić information content (AvgIpc) is 2.93. The fourth-order valence-corrected chi connectivity index (χ4v) is 6.34. The normalized spacial score (nSPS) is 43.4. The van der Waals surface area contributed by atoms with Gasteiger partial charge in [-0.15, -0.1) is 0 Å². The van der Waals surface area contributed by atoms with E-state index in [1.165, 1.54) is 0 Å². The molecule has 132 valence electrons. The van der Waals surface area contributed by atoms with Crippen molar-refractivity contribution >= 4 is 5.78 Å². The number of aliphatic hydroxyl groups is 1. The molecule has 0 amide bonds. The van der Waals surface area contributed by atoms with E-state index >= 15 is 0 Å². The fraction of sp³-hybridized carbons (Fsp3) is 0.550. The second kappa shape index (κ2) is 4.46. The lowest BCUT2D eigenvalue weighted by Crippen LogP contribution is -2.80. The smallest absolute Gasteiger partial charge is 0.174 e. The van der Waals surface area contributed by atoms with Crippen LogP contribution < -0.4 is 4.74 Å². The van der Waals surface area contributed by atoms with Crippen molar-refractivity contribution in [2.45, 2.75) is 48.8 Å². The number of carbonyl (C=O) groups is 1. The summed E-state index contributed by atoms with van der Waals surface area (Å²) in [7, 11) is 2.19. The number of hydrogen-bond donors (Lipinski definition) is 2. The number of likely N-dealkylation sites (tertiary alicyclic amines) is 1. The number of ketones is 1. The van der Waals surface area contributed by atoms with Crippen LogP contribution in [0.2, 0.25) is 0 Å². The number of rotatable bonds is 2. The monoisotopic (exact) mass is 342 g/mol. The molecule has 2 aliphatic carbocycles. The van der Waals surface area contributed by atoms with Crippen LogP contribution in [0, 0.1) is 0 Å². The van der Waals surface area contributed by atoms with Gasteiger partial charge >= 0.3 is 0 Å². The summed E-state index contributed by atoms with van der Waals surface area (Å²) in [6.45, 7) is 5.57. The van der Waals surface area contributed by atoms with Crippen LogP contribution >= 0.6 is 0 Å². The number of Topliss-reactive ketones (excluding diaryl/α,β-unsaturated/α-hetero) is 1. The van der Waals surface area contributed by atoms with Gasteiger partial charge in [0.2, 0.25) is 0 Å². The third-order valence-electron chi connectivity index (χ3n) is 7.45. The number of benzene rings is 1. The molecule has 2 bridgehead atoms. The number of piperidine rings is 1. The Hall–Kier alpha value is -1.85. The quantitative estimate of drug-likeness (QED) is 0.631. The van der Waals surface area contributed by atoms with E-state index in [0.29, 0.717) is 25.0 Å². The third-order valence-corrected chi connectivity index (χ3v) is 7.45. The van der Waals surface area contributed by atoms with Crippen LogP contribution in [-0.2, 0) is 16.6 Å². The van der Waals surface area contributed by atoms with Crippen LogP contribution in [0.3, 0.4) is 0 Å². The summed E-state index contributed by atoms with van der Waals surface area (Å²) in [5.41, 5.74) is 0.295. The van der Waals surface area contributed by atoms with E-state index in [4.69, 9.17) is 4.74 Å². The molecule has 0 aromatic heterocycles. The van der Waals surface area contributed by atoms with Gasteiger partial charge in [-0.2, -0.15) is 0 Å². The number of likely N-dealkylation sites (N-methyl/N-ethyl adjacent to an activating group) is 1. The van der Waals surface area contributed by atoms with Crippen molar-refractivity contribution in [3.63, 3.8) is 0 Å². The highest BCUT2D eigenvalue weighted by molar-refractivity contribution is 5.90. The highest BCUT2D eigenvalue weighted by Crippen LogP contribution is 2.65. The third kappa shape index (κ3) is 1.51. The summed E-state index contributed by atoms with van der Waals surface area (Å²) in [4.78, 5) is 12.7. The molecule has 2 fully saturated rings. The molecule has 2 N–H and O–H groups in total. The van der Waals surface area contributed by atoms with Gasteiger partial charge in [0.25, 0.3) is 0 Å². The topological polar surface area (TPSA) is 66.8 Å². The van der Waals surface area contributed by atoms with E-state index in [1.54, 1.807) is 6.07 Å². The predicted molar refractivity (Wildman–Crippen MR) is 91.6 cm³/mol. The van der Waals surface area contributed by atoms with E-state index in [9.17, 15) is 15.0 Å². The zero-order valence-corrected chi connectivity index (χ0v) is 14.5. The van der Waals surface area contributed by atoms with Crippen molar-refractivity contribution in [2.75, 3.05) is 20.1 Å². The minimum absolute atomic E-state index is 0.00134. The molecule has 4 aliphatic rings. The maximum absolute atomic E-state index is 12.7. The number of ether oxygens (including phenoxy) is 1. The van der Waals surface area contributed by atoms with E-state index in [0.717, 1.165) is 35.1 Å². The minimum atomic E-state index is -0.992. The average molecular weight is 342 g/mol. The summed E-state index contributed by atoms with van der Waals surface area (Å²) in [5.74, 6) is 0.547. The molecule has 1 aromatic rings. The number of phenolic OH excluding ortho intramolecular Hbond substituents is 1. The molecule has 2 heterocycles. The van der Waals surface area contributed by atoms with Crippen LogP contribution in [-0.4, -0.2) is 58.4 Å². The number of quaternary nitrogens is 1. The lowest BCUT2D eigenvalue weighted by Gasteiger charge is -2.64. The van der Waals surface area contributed by atoms with Gasteiger partial charge in [0.15, 0.2) is 23.4 Å². The molecule has 5 rings (SSSR count). The van der Waals surface area contributed by atoms with Crippen molar-refractivity contribution in [3.05, 3.63) is 35.9 Å². The van der Waals surface area contributed by atoms with E-state index in [1.807, 2.05) is 12.1 Å². The predicted octanol–water partition coefficient (Wildman–Crippen LogP) is 1.45.